The number of carbonyl (C=O) groups excluding carboxylic acids is 1. The average Bonchev–Trinajstić information content (AvgIpc) is 2.79. The van der Waals surface area contributed by atoms with E-state index < -0.39 is 0 Å². The predicted molar refractivity (Wildman–Crippen MR) is 118 cm³/mol. The van der Waals surface area contributed by atoms with Crippen LogP contribution in [0.15, 0.2) is 72.8 Å². The fraction of sp³-hybridized carbons (Fsp3) is 0.240. The van der Waals surface area contributed by atoms with Gasteiger partial charge in [0, 0.05) is 17.7 Å². The fourth-order valence-electron chi connectivity index (χ4n) is 3.39. The second-order valence-electron chi connectivity index (χ2n) is 7.20. The van der Waals surface area contributed by atoms with Crippen LogP contribution in [-0.2, 0) is 11.3 Å². The Morgan fingerprint density at radius 1 is 0.900 bits per heavy atom. The Bertz CT molecular complexity index is 956. The highest BCUT2D eigenvalue weighted by Crippen LogP contribution is 2.27. The van der Waals surface area contributed by atoms with Gasteiger partial charge in [-0.25, -0.2) is 0 Å². The minimum Gasteiger partial charge on any atom is -0.493 e. The van der Waals surface area contributed by atoms with Crippen molar-refractivity contribution in [2.45, 2.75) is 19.5 Å². The quantitative estimate of drug-likeness (QED) is 0.575. The van der Waals surface area contributed by atoms with E-state index in [0.29, 0.717) is 24.6 Å². The van der Waals surface area contributed by atoms with E-state index in [1.807, 2.05) is 36.4 Å². The van der Waals surface area contributed by atoms with E-state index in [9.17, 15) is 4.79 Å². The van der Waals surface area contributed by atoms with Crippen LogP contribution in [0.1, 0.15) is 28.3 Å². The monoisotopic (exact) mass is 405 g/mol. The lowest BCUT2D eigenvalue weighted by molar-refractivity contribution is -0.676. The molecule has 0 saturated carbocycles. The number of hydrogen-bond donors (Lipinski definition) is 2. The van der Waals surface area contributed by atoms with Gasteiger partial charge >= 0.3 is 0 Å². The Balaban J connectivity index is 1.62. The van der Waals surface area contributed by atoms with E-state index in [4.69, 9.17) is 9.47 Å². The number of aryl methyl sites for hydroxylation is 1. The molecule has 1 amide bonds. The first kappa shape index (κ1) is 21.4. The van der Waals surface area contributed by atoms with E-state index in [0.717, 1.165) is 5.56 Å². The topological polar surface area (TPSA) is 64.2 Å². The first-order chi connectivity index (χ1) is 14.6. The zero-order chi connectivity index (χ0) is 21.3. The zero-order valence-electron chi connectivity index (χ0n) is 17.7. The second kappa shape index (κ2) is 10.5. The van der Waals surface area contributed by atoms with Gasteiger partial charge in [0.2, 0.25) is 0 Å². The molecule has 0 saturated heterocycles. The number of carbonyl (C=O) groups is 1. The highest BCUT2D eigenvalue weighted by Gasteiger charge is 2.18. The van der Waals surface area contributed by atoms with E-state index in [2.05, 4.69) is 54.0 Å². The summed E-state index contributed by atoms with van der Waals surface area (Å²) in [6.07, 6.45) is 0. The summed E-state index contributed by atoms with van der Waals surface area (Å²) in [7, 11) is 3.20. The molecule has 3 N–H and O–H groups in total. The zero-order valence-corrected chi connectivity index (χ0v) is 17.7. The molecule has 0 bridgehead atoms. The second-order valence-corrected chi connectivity index (χ2v) is 7.20. The fourth-order valence-corrected chi connectivity index (χ4v) is 3.39. The van der Waals surface area contributed by atoms with Crippen molar-refractivity contribution in [2.24, 2.45) is 0 Å². The van der Waals surface area contributed by atoms with Crippen LogP contribution < -0.4 is 20.1 Å². The van der Waals surface area contributed by atoms with Crippen LogP contribution in [0.4, 0.5) is 0 Å². The largest absolute Gasteiger partial charge is 0.493 e. The lowest BCUT2D eigenvalue weighted by Gasteiger charge is -2.17. The molecule has 0 aliphatic heterocycles. The lowest BCUT2D eigenvalue weighted by atomic mass is 9.98. The van der Waals surface area contributed by atoms with Gasteiger partial charge in [-0.3, -0.25) is 4.79 Å². The van der Waals surface area contributed by atoms with Crippen molar-refractivity contribution in [3.63, 3.8) is 0 Å². The van der Waals surface area contributed by atoms with Crippen LogP contribution in [-0.4, -0.2) is 26.7 Å². The Labute approximate surface area is 178 Å². The van der Waals surface area contributed by atoms with Crippen molar-refractivity contribution < 1.29 is 19.6 Å². The smallest absolute Gasteiger partial charge is 0.275 e. The number of benzene rings is 3. The molecule has 0 aromatic heterocycles. The minimum atomic E-state index is -0.0159. The van der Waals surface area contributed by atoms with Crippen molar-refractivity contribution in [2.75, 3.05) is 20.8 Å². The molecule has 0 fully saturated rings. The van der Waals surface area contributed by atoms with E-state index in [-0.39, 0.29) is 11.9 Å². The van der Waals surface area contributed by atoms with Crippen molar-refractivity contribution in [1.29, 1.82) is 0 Å². The summed E-state index contributed by atoms with van der Waals surface area (Å²) in [6, 6.07) is 24.4. The highest BCUT2D eigenvalue weighted by atomic mass is 16.5. The van der Waals surface area contributed by atoms with Crippen LogP contribution in [0.3, 0.4) is 0 Å². The maximum absolute atomic E-state index is 12.5. The van der Waals surface area contributed by atoms with Crippen LogP contribution in [0.2, 0.25) is 0 Å². The van der Waals surface area contributed by atoms with Crippen molar-refractivity contribution >= 4 is 5.91 Å². The predicted octanol–water partition coefficient (Wildman–Crippen LogP) is 2.98. The standard InChI is InChI=1S/C25H28N2O3/c1-18-9-12-21(13-10-18)25(20-7-5-4-6-8-20)27-17-24(28)26-16-19-11-14-22(29-2)23(15-19)30-3/h4-15,25,27H,16-17H2,1-3H3,(H,26,28)/p+1/t25-/m0/s1. The van der Waals surface area contributed by atoms with Gasteiger partial charge in [-0.15, -0.1) is 0 Å². The van der Waals surface area contributed by atoms with Crippen LogP contribution in [0, 0.1) is 6.92 Å². The molecule has 30 heavy (non-hydrogen) atoms. The Hall–Kier alpha value is -3.31. The summed E-state index contributed by atoms with van der Waals surface area (Å²) in [5.41, 5.74) is 4.53. The van der Waals surface area contributed by atoms with Gasteiger partial charge in [0.15, 0.2) is 18.0 Å². The van der Waals surface area contributed by atoms with E-state index >= 15 is 0 Å². The number of nitrogens with two attached hydrogens (primary N) is 1. The molecule has 156 valence electrons. The Morgan fingerprint density at radius 3 is 2.23 bits per heavy atom. The summed E-state index contributed by atoms with van der Waals surface area (Å²) in [4.78, 5) is 12.5. The summed E-state index contributed by atoms with van der Waals surface area (Å²) >= 11 is 0. The summed E-state index contributed by atoms with van der Waals surface area (Å²) in [5, 5.41) is 5.06. The molecule has 3 aromatic rings. The SMILES string of the molecule is COc1ccc(CNC(=O)C[NH2+][C@@H](c2ccccc2)c2ccc(C)cc2)cc1OC. The third kappa shape index (κ3) is 5.61. The number of amides is 1. The minimum absolute atomic E-state index is 0.0159. The number of nitrogens with one attached hydrogen (secondary N) is 1. The van der Waals surface area contributed by atoms with Crippen LogP contribution >= 0.6 is 0 Å². The number of quaternary nitrogens is 1. The third-order valence-electron chi connectivity index (χ3n) is 5.07. The normalized spacial score (nSPS) is 11.6. The van der Waals surface area contributed by atoms with Gasteiger partial charge < -0.3 is 20.1 Å². The molecule has 0 unspecified atom stereocenters. The van der Waals surface area contributed by atoms with Gasteiger partial charge in [-0.05, 0) is 24.6 Å². The van der Waals surface area contributed by atoms with E-state index in [1.165, 1.54) is 16.7 Å². The number of rotatable bonds is 9. The maximum Gasteiger partial charge on any atom is 0.275 e. The molecule has 3 rings (SSSR count). The van der Waals surface area contributed by atoms with E-state index in [1.54, 1.807) is 14.2 Å². The van der Waals surface area contributed by atoms with Gasteiger partial charge in [-0.1, -0.05) is 66.2 Å². The highest BCUT2D eigenvalue weighted by molar-refractivity contribution is 5.76. The first-order valence-electron chi connectivity index (χ1n) is 10.0. The first-order valence-corrected chi connectivity index (χ1v) is 10.0. The molecule has 3 aromatic carbocycles. The molecular formula is C25H29N2O3+. The summed E-state index contributed by atoms with van der Waals surface area (Å²) in [6.45, 7) is 2.85. The number of hydrogen-bond acceptors (Lipinski definition) is 3. The molecule has 5 heteroatoms. The van der Waals surface area contributed by atoms with Gasteiger partial charge in [0.05, 0.1) is 14.2 Å². The van der Waals surface area contributed by atoms with Crippen molar-refractivity contribution in [3.8, 4) is 11.5 Å². The van der Waals surface area contributed by atoms with Gasteiger partial charge in [-0.2, -0.15) is 0 Å². The Morgan fingerprint density at radius 2 is 1.57 bits per heavy atom. The lowest BCUT2D eigenvalue weighted by Crippen LogP contribution is -2.87. The molecular weight excluding hydrogens is 376 g/mol. The summed E-state index contributed by atoms with van der Waals surface area (Å²) in [5.74, 6) is 1.31. The Kier molecular flexibility index (Phi) is 7.46. The molecule has 0 radical (unpaired) electrons. The van der Waals surface area contributed by atoms with Crippen LogP contribution in [0.5, 0.6) is 11.5 Å². The third-order valence-corrected chi connectivity index (χ3v) is 5.07. The molecule has 5 nitrogen and oxygen atoms in total. The molecule has 1 atom stereocenters. The molecule has 0 heterocycles. The number of ether oxygens (including phenoxy) is 2. The maximum atomic E-state index is 12.5. The summed E-state index contributed by atoms with van der Waals surface area (Å²) < 4.78 is 10.6. The van der Waals surface area contributed by atoms with Crippen molar-refractivity contribution in [3.05, 3.63) is 95.1 Å². The van der Waals surface area contributed by atoms with Crippen molar-refractivity contribution in [1.82, 2.24) is 5.32 Å². The average molecular weight is 406 g/mol. The van der Waals surface area contributed by atoms with Gasteiger partial charge in [0.1, 0.15) is 6.04 Å². The molecule has 0 spiro atoms. The van der Waals surface area contributed by atoms with Crippen LogP contribution in [0.25, 0.3) is 0 Å². The number of methoxy groups -OCH3 is 2. The molecule has 0 aliphatic carbocycles. The van der Waals surface area contributed by atoms with Gasteiger partial charge in [0.25, 0.3) is 5.91 Å². The molecule has 0 aliphatic rings.